The minimum absolute atomic E-state index is 0.181. The molecule has 0 aliphatic heterocycles. The van der Waals surface area contributed by atoms with Crippen molar-refractivity contribution in [2.45, 2.75) is 45.1 Å². The zero-order valence-corrected chi connectivity index (χ0v) is 10.7. The summed E-state index contributed by atoms with van der Waals surface area (Å²) in [6.45, 7) is 4.50. The average Bonchev–Trinajstić information content (AvgIpc) is 2.29. The van der Waals surface area contributed by atoms with Gasteiger partial charge in [-0.3, -0.25) is 0 Å². The minimum atomic E-state index is -0.324. The van der Waals surface area contributed by atoms with Crippen molar-refractivity contribution >= 4 is 0 Å². The first-order chi connectivity index (χ1) is 8.01. The summed E-state index contributed by atoms with van der Waals surface area (Å²) in [6, 6.07) is 6.81. The molecular weight excluding hydrogens is 213 g/mol. The number of hydrogen-bond donors (Lipinski definition) is 1. The minimum Gasteiger partial charge on any atom is -0.321 e. The van der Waals surface area contributed by atoms with Gasteiger partial charge in [-0.25, -0.2) is 4.39 Å². The predicted octanol–water partition coefficient (Wildman–Crippen LogP) is 3.83. The highest BCUT2D eigenvalue weighted by atomic mass is 19.1. The van der Waals surface area contributed by atoms with E-state index in [-0.39, 0.29) is 11.4 Å². The van der Waals surface area contributed by atoms with E-state index in [0.29, 0.717) is 11.8 Å². The van der Waals surface area contributed by atoms with E-state index in [2.05, 4.69) is 13.8 Å². The van der Waals surface area contributed by atoms with E-state index in [1.807, 2.05) is 6.07 Å². The summed E-state index contributed by atoms with van der Waals surface area (Å²) in [5.41, 5.74) is 7.15. The van der Waals surface area contributed by atoms with Crippen LogP contribution in [0.5, 0.6) is 0 Å². The largest absolute Gasteiger partial charge is 0.321 e. The Kier molecular flexibility index (Phi) is 3.53. The maximum Gasteiger partial charge on any atom is 0.123 e. The second-order valence-corrected chi connectivity index (χ2v) is 5.77. The normalized spacial score (nSPS) is 29.6. The lowest BCUT2D eigenvalue weighted by Crippen LogP contribution is -2.42. The predicted molar refractivity (Wildman–Crippen MR) is 69.1 cm³/mol. The zero-order valence-electron chi connectivity index (χ0n) is 10.7. The lowest BCUT2D eigenvalue weighted by molar-refractivity contribution is 0.183. The van der Waals surface area contributed by atoms with Crippen molar-refractivity contribution in [3.05, 3.63) is 35.6 Å². The van der Waals surface area contributed by atoms with Crippen molar-refractivity contribution in [2.75, 3.05) is 0 Å². The monoisotopic (exact) mass is 235 g/mol. The third kappa shape index (κ3) is 2.68. The van der Waals surface area contributed by atoms with Crippen molar-refractivity contribution < 1.29 is 4.39 Å². The van der Waals surface area contributed by atoms with Crippen LogP contribution in [0.2, 0.25) is 0 Å². The highest BCUT2D eigenvalue weighted by Gasteiger charge is 2.35. The molecule has 2 atom stereocenters. The van der Waals surface area contributed by atoms with E-state index in [0.717, 1.165) is 24.8 Å². The number of nitrogens with two attached hydrogens (primary N) is 1. The molecule has 2 rings (SSSR count). The van der Waals surface area contributed by atoms with Gasteiger partial charge in [0.15, 0.2) is 0 Å². The van der Waals surface area contributed by atoms with Gasteiger partial charge in [0.2, 0.25) is 0 Å². The van der Waals surface area contributed by atoms with Crippen LogP contribution in [-0.2, 0) is 5.54 Å². The summed E-state index contributed by atoms with van der Waals surface area (Å²) >= 11 is 0. The molecule has 2 heteroatoms. The Morgan fingerprint density at radius 3 is 2.82 bits per heavy atom. The summed E-state index contributed by atoms with van der Waals surface area (Å²) in [5.74, 6) is 1.14. The molecule has 0 heterocycles. The Balaban J connectivity index is 2.23. The molecule has 2 N–H and O–H groups in total. The molecule has 0 bridgehead atoms. The molecule has 2 unspecified atom stereocenters. The first-order valence-corrected chi connectivity index (χ1v) is 6.56. The number of benzene rings is 1. The molecule has 17 heavy (non-hydrogen) atoms. The van der Waals surface area contributed by atoms with Gasteiger partial charge in [-0.1, -0.05) is 38.8 Å². The van der Waals surface area contributed by atoms with Crippen molar-refractivity contribution in [3.8, 4) is 0 Å². The van der Waals surface area contributed by atoms with Crippen molar-refractivity contribution in [3.63, 3.8) is 0 Å². The van der Waals surface area contributed by atoms with Crippen LogP contribution in [-0.4, -0.2) is 0 Å². The number of hydrogen-bond acceptors (Lipinski definition) is 1. The molecule has 0 radical (unpaired) electrons. The second kappa shape index (κ2) is 4.77. The highest BCUT2D eigenvalue weighted by molar-refractivity contribution is 5.25. The van der Waals surface area contributed by atoms with Gasteiger partial charge in [-0.15, -0.1) is 0 Å². The Morgan fingerprint density at radius 1 is 1.41 bits per heavy atom. The molecule has 1 fully saturated rings. The van der Waals surface area contributed by atoms with Gasteiger partial charge in [0.1, 0.15) is 5.82 Å². The van der Waals surface area contributed by atoms with E-state index >= 15 is 0 Å². The molecule has 1 aromatic carbocycles. The molecule has 1 aliphatic carbocycles. The van der Waals surface area contributed by atoms with Crippen molar-refractivity contribution in [1.29, 1.82) is 0 Å². The molecular formula is C15H22FN. The van der Waals surface area contributed by atoms with Crippen LogP contribution >= 0.6 is 0 Å². The fraction of sp³-hybridized carbons (Fsp3) is 0.600. The third-order valence-electron chi connectivity index (χ3n) is 4.17. The summed E-state index contributed by atoms with van der Waals surface area (Å²) < 4.78 is 13.3. The van der Waals surface area contributed by atoms with Crippen LogP contribution in [0.25, 0.3) is 0 Å². The number of halogens is 1. The van der Waals surface area contributed by atoms with E-state index < -0.39 is 0 Å². The van der Waals surface area contributed by atoms with Gasteiger partial charge in [-0.05, 0) is 42.4 Å². The third-order valence-corrected chi connectivity index (χ3v) is 4.17. The quantitative estimate of drug-likeness (QED) is 0.828. The van der Waals surface area contributed by atoms with Gasteiger partial charge < -0.3 is 5.73 Å². The van der Waals surface area contributed by atoms with Crippen molar-refractivity contribution in [1.82, 2.24) is 0 Å². The molecule has 0 aromatic heterocycles. The first-order valence-electron chi connectivity index (χ1n) is 6.56. The van der Waals surface area contributed by atoms with E-state index in [1.165, 1.54) is 12.5 Å². The maximum atomic E-state index is 13.3. The Bertz CT molecular complexity index is 388. The summed E-state index contributed by atoms with van der Waals surface area (Å²) in [7, 11) is 0. The van der Waals surface area contributed by atoms with Crippen molar-refractivity contribution in [2.24, 2.45) is 17.6 Å². The molecule has 1 saturated carbocycles. The zero-order chi connectivity index (χ0) is 12.5. The standard InChI is InChI=1S/C15H22FN/c1-11(2)12-5-4-8-15(17,10-12)13-6-3-7-14(16)9-13/h3,6-7,9,11-12H,4-5,8,10,17H2,1-2H3. The molecule has 1 aliphatic rings. The lowest BCUT2D eigenvalue weighted by Gasteiger charge is -2.40. The van der Waals surface area contributed by atoms with Gasteiger partial charge in [0.25, 0.3) is 0 Å². The van der Waals surface area contributed by atoms with Crippen LogP contribution in [0.15, 0.2) is 24.3 Å². The van der Waals surface area contributed by atoms with Crippen LogP contribution in [0.3, 0.4) is 0 Å². The molecule has 94 valence electrons. The van der Waals surface area contributed by atoms with Crippen LogP contribution in [0, 0.1) is 17.7 Å². The fourth-order valence-corrected chi connectivity index (χ4v) is 2.98. The maximum absolute atomic E-state index is 13.3. The molecule has 0 spiro atoms. The van der Waals surface area contributed by atoms with Gasteiger partial charge >= 0.3 is 0 Å². The molecule has 0 saturated heterocycles. The van der Waals surface area contributed by atoms with E-state index in [9.17, 15) is 4.39 Å². The van der Waals surface area contributed by atoms with Gasteiger partial charge in [-0.2, -0.15) is 0 Å². The SMILES string of the molecule is CC(C)C1CCCC(N)(c2cccc(F)c2)C1. The van der Waals surface area contributed by atoms with Crippen LogP contribution < -0.4 is 5.73 Å². The van der Waals surface area contributed by atoms with E-state index in [1.54, 1.807) is 12.1 Å². The molecule has 0 amide bonds. The molecule has 1 nitrogen and oxygen atoms in total. The van der Waals surface area contributed by atoms with Crippen LogP contribution in [0.1, 0.15) is 45.1 Å². The lowest BCUT2D eigenvalue weighted by atomic mass is 9.69. The Hall–Kier alpha value is -0.890. The first kappa shape index (κ1) is 12.6. The molecule has 1 aromatic rings. The number of rotatable bonds is 2. The second-order valence-electron chi connectivity index (χ2n) is 5.77. The van der Waals surface area contributed by atoms with Gasteiger partial charge in [0, 0.05) is 5.54 Å². The average molecular weight is 235 g/mol. The summed E-state index contributed by atoms with van der Waals surface area (Å²) in [4.78, 5) is 0. The summed E-state index contributed by atoms with van der Waals surface area (Å²) in [6.07, 6.45) is 4.36. The fourth-order valence-electron chi connectivity index (χ4n) is 2.98. The Morgan fingerprint density at radius 2 is 2.18 bits per heavy atom. The topological polar surface area (TPSA) is 26.0 Å². The summed E-state index contributed by atoms with van der Waals surface area (Å²) in [5, 5.41) is 0. The smallest absolute Gasteiger partial charge is 0.123 e. The highest BCUT2D eigenvalue weighted by Crippen LogP contribution is 2.40. The van der Waals surface area contributed by atoms with Crippen LogP contribution in [0.4, 0.5) is 4.39 Å². The van der Waals surface area contributed by atoms with E-state index in [4.69, 9.17) is 5.73 Å². The Labute approximate surface area is 103 Å². The van der Waals surface area contributed by atoms with Gasteiger partial charge in [0.05, 0.1) is 0 Å².